The quantitative estimate of drug-likeness (QED) is 0.149. The third kappa shape index (κ3) is 6.81. The molecule has 0 bridgehead atoms. The Labute approximate surface area is 278 Å². The summed E-state index contributed by atoms with van der Waals surface area (Å²) in [5.41, 5.74) is 3.14. The maximum absolute atomic E-state index is 14.0. The number of nitrogens with one attached hydrogen (secondary N) is 2. The maximum Gasteiger partial charge on any atom is 0.255 e. The van der Waals surface area contributed by atoms with Crippen LogP contribution in [-0.2, 0) is 11.4 Å². The SMILES string of the molecule is CCCSc1nc2n(n1)C(c1cc(Br)c(OCc3ccc(Cl)cc3Cl)c(OC)c1)C(C(=O)Nc1ccccc1OC)=C(C)N2. The first-order valence-electron chi connectivity index (χ1n) is 13.7. The number of benzene rings is 3. The number of allylic oxidation sites excluding steroid dienone is 1. The fourth-order valence-corrected chi connectivity index (χ4v) is 6.47. The number of hydrogen-bond acceptors (Lipinski definition) is 8. The van der Waals surface area contributed by atoms with Crippen LogP contribution in [0.5, 0.6) is 17.2 Å². The second-order valence-electron chi connectivity index (χ2n) is 9.79. The predicted octanol–water partition coefficient (Wildman–Crippen LogP) is 8.37. The van der Waals surface area contributed by atoms with Crippen LogP contribution >= 0.6 is 50.9 Å². The largest absolute Gasteiger partial charge is 0.495 e. The summed E-state index contributed by atoms with van der Waals surface area (Å²) in [4.78, 5) is 18.7. The average Bonchev–Trinajstić information content (AvgIpc) is 3.41. The van der Waals surface area contributed by atoms with Crippen LogP contribution in [0.1, 0.15) is 37.4 Å². The Balaban J connectivity index is 1.55. The molecule has 3 aromatic carbocycles. The van der Waals surface area contributed by atoms with E-state index in [0.717, 1.165) is 23.3 Å². The molecule has 2 N–H and O–H groups in total. The van der Waals surface area contributed by atoms with E-state index in [0.29, 0.717) is 59.8 Å². The number of carbonyl (C=O) groups is 1. The second kappa shape index (κ2) is 14.2. The molecule has 4 aromatic rings. The van der Waals surface area contributed by atoms with Gasteiger partial charge in [-0.2, -0.15) is 4.98 Å². The third-order valence-corrected chi connectivity index (χ3v) is 9.04. The number of fused-ring (bicyclic) bond motifs is 1. The molecule has 1 aliphatic heterocycles. The normalized spacial score (nSPS) is 14.1. The molecular formula is C31H30BrCl2N5O4S. The number of methoxy groups -OCH3 is 2. The molecule has 0 saturated carbocycles. The number of para-hydroxylation sites is 2. The third-order valence-electron chi connectivity index (χ3n) is 6.82. The molecule has 1 atom stereocenters. The van der Waals surface area contributed by atoms with Gasteiger partial charge in [0.1, 0.15) is 18.4 Å². The number of ether oxygens (including phenoxy) is 3. The van der Waals surface area contributed by atoms with Gasteiger partial charge in [-0.1, -0.05) is 60.1 Å². The van der Waals surface area contributed by atoms with Crippen molar-refractivity contribution < 1.29 is 19.0 Å². The molecule has 13 heteroatoms. The number of halogens is 3. The first-order valence-corrected chi connectivity index (χ1v) is 16.2. The van der Waals surface area contributed by atoms with Crippen LogP contribution in [0.25, 0.3) is 0 Å². The number of nitrogens with zero attached hydrogens (tertiary/aromatic N) is 3. The van der Waals surface area contributed by atoms with Crippen molar-refractivity contribution in [3.63, 3.8) is 0 Å². The number of rotatable bonds is 11. The van der Waals surface area contributed by atoms with Crippen LogP contribution in [0, 0.1) is 0 Å². The maximum atomic E-state index is 14.0. The van der Waals surface area contributed by atoms with Gasteiger partial charge in [-0.25, -0.2) is 4.68 Å². The number of carbonyl (C=O) groups excluding carboxylic acids is 1. The lowest BCUT2D eigenvalue weighted by atomic mass is 9.94. The number of hydrogen-bond donors (Lipinski definition) is 2. The summed E-state index contributed by atoms with van der Waals surface area (Å²) in [6.45, 7) is 4.14. The summed E-state index contributed by atoms with van der Waals surface area (Å²) in [5, 5.41) is 12.8. The minimum atomic E-state index is -0.644. The Hall–Kier alpha value is -3.38. The molecule has 0 radical (unpaired) electrons. The Kier molecular flexibility index (Phi) is 10.3. The topological polar surface area (TPSA) is 99.5 Å². The van der Waals surface area contributed by atoms with Crippen LogP contribution in [0.4, 0.5) is 11.6 Å². The van der Waals surface area contributed by atoms with Gasteiger partial charge < -0.3 is 24.8 Å². The van der Waals surface area contributed by atoms with Crippen LogP contribution in [0.15, 0.2) is 75.5 Å². The molecule has 5 rings (SSSR count). The van der Waals surface area contributed by atoms with Crippen molar-refractivity contribution >= 4 is 68.4 Å². The first-order chi connectivity index (χ1) is 21.2. The summed E-state index contributed by atoms with van der Waals surface area (Å²) < 4.78 is 19.8. The Morgan fingerprint density at radius 3 is 2.61 bits per heavy atom. The van der Waals surface area contributed by atoms with Gasteiger partial charge in [0.05, 0.1) is 30.0 Å². The summed E-state index contributed by atoms with van der Waals surface area (Å²) in [7, 11) is 3.12. The smallest absolute Gasteiger partial charge is 0.255 e. The van der Waals surface area contributed by atoms with Gasteiger partial charge in [-0.05, 0) is 71.2 Å². The minimum absolute atomic E-state index is 0.189. The molecule has 0 saturated heterocycles. The number of thioether (sulfide) groups is 1. The van der Waals surface area contributed by atoms with Gasteiger partial charge in [-0.15, -0.1) is 5.10 Å². The summed E-state index contributed by atoms with van der Waals surface area (Å²) in [6, 6.07) is 15.6. The summed E-state index contributed by atoms with van der Waals surface area (Å²) >= 11 is 17.7. The number of anilines is 2. The van der Waals surface area contributed by atoms with E-state index >= 15 is 0 Å². The van der Waals surface area contributed by atoms with Gasteiger partial charge in [0.2, 0.25) is 11.1 Å². The Morgan fingerprint density at radius 2 is 1.89 bits per heavy atom. The van der Waals surface area contributed by atoms with Crippen LogP contribution in [-0.4, -0.2) is 40.6 Å². The molecule has 0 aliphatic carbocycles. The van der Waals surface area contributed by atoms with Crippen molar-refractivity contribution in [2.75, 3.05) is 30.6 Å². The molecule has 1 unspecified atom stereocenters. The van der Waals surface area contributed by atoms with Crippen molar-refractivity contribution in [1.82, 2.24) is 14.8 Å². The van der Waals surface area contributed by atoms with Gasteiger partial charge >= 0.3 is 0 Å². The van der Waals surface area contributed by atoms with E-state index < -0.39 is 6.04 Å². The molecule has 0 spiro atoms. The van der Waals surface area contributed by atoms with Gasteiger partial charge in [0, 0.05) is 27.1 Å². The highest BCUT2D eigenvalue weighted by Gasteiger charge is 2.35. The summed E-state index contributed by atoms with van der Waals surface area (Å²) in [6.07, 6.45) is 0.974. The number of amides is 1. The lowest BCUT2D eigenvalue weighted by Crippen LogP contribution is -2.31. The van der Waals surface area contributed by atoms with Crippen LogP contribution in [0.3, 0.4) is 0 Å². The number of aromatic nitrogens is 3. The Bertz CT molecular complexity index is 1730. The van der Waals surface area contributed by atoms with Gasteiger partial charge in [0.25, 0.3) is 5.91 Å². The molecule has 9 nitrogen and oxygen atoms in total. The highest BCUT2D eigenvalue weighted by molar-refractivity contribution is 9.10. The highest BCUT2D eigenvalue weighted by Crippen LogP contribution is 2.44. The second-order valence-corrected chi connectivity index (χ2v) is 12.6. The lowest BCUT2D eigenvalue weighted by molar-refractivity contribution is -0.113. The van der Waals surface area contributed by atoms with Gasteiger partial charge in [-0.3, -0.25) is 4.79 Å². The van der Waals surface area contributed by atoms with Crippen molar-refractivity contribution in [1.29, 1.82) is 0 Å². The summed E-state index contributed by atoms with van der Waals surface area (Å²) in [5.74, 6) is 2.57. The monoisotopic (exact) mass is 717 g/mol. The van der Waals surface area contributed by atoms with Crippen molar-refractivity contribution in [2.45, 2.75) is 38.1 Å². The van der Waals surface area contributed by atoms with E-state index in [-0.39, 0.29) is 12.5 Å². The minimum Gasteiger partial charge on any atom is -0.495 e. The Morgan fingerprint density at radius 1 is 1.11 bits per heavy atom. The fraction of sp³-hybridized carbons (Fsp3) is 0.258. The lowest BCUT2D eigenvalue weighted by Gasteiger charge is -2.29. The molecule has 2 heterocycles. The first kappa shape index (κ1) is 32.0. The van der Waals surface area contributed by atoms with Crippen molar-refractivity contribution in [3.05, 3.63) is 91.5 Å². The molecule has 44 heavy (non-hydrogen) atoms. The molecule has 1 amide bonds. The molecule has 0 fully saturated rings. The van der Waals surface area contributed by atoms with Crippen LogP contribution < -0.4 is 24.8 Å². The fourth-order valence-electron chi connectivity index (χ4n) is 4.75. The molecule has 1 aromatic heterocycles. The van der Waals surface area contributed by atoms with Crippen molar-refractivity contribution in [3.8, 4) is 17.2 Å². The van der Waals surface area contributed by atoms with E-state index in [1.807, 2.05) is 37.3 Å². The van der Waals surface area contributed by atoms with E-state index in [1.54, 1.807) is 54.9 Å². The van der Waals surface area contributed by atoms with E-state index in [9.17, 15) is 4.79 Å². The standard InChI is InChI=1S/C31H30BrCl2N5O4S/c1-5-12-44-31-37-30-35-17(2)26(29(40)36-23-8-6-7-9-24(23)41-3)27(39(30)38-31)19-13-21(32)28(25(14-19)42-4)43-16-18-10-11-20(33)15-22(18)34/h6-11,13-15,27H,5,12,16H2,1-4H3,(H,36,40)(H,35,37,38). The van der Waals surface area contributed by atoms with Crippen molar-refractivity contribution in [2.24, 2.45) is 0 Å². The van der Waals surface area contributed by atoms with E-state index in [4.69, 9.17) is 47.5 Å². The molecule has 1 aliphatic rings. The molecular weight excluding hydrogens is 689 g/mol. The zero-order valence-electron chi connectivity index (χ0n) is 24.4. The predicted molar refractivity (Wildman–Crippen MR) is 179 cm³/mol. The van der Waals surface area contributed by atoms with Crippen LogP contribution in [0.2, 0.25) is 10.0 Å². The zero-order valence-corrected chi connectivity index (χ0v) is 28.3. The highest BCUT2D eigenvalue weighted by atomic mass is 79.9. The zero-order chi connectivity index (χ0) is 31.4. The molecule has 230 valence electrons. The van der Waals surface area contributed by atoms with E-state index in [1.165, 1.54) is 0 Å². The van der Waals surface area contributed by atoms with E-state index in [2.05, 4.69) is 33.5 Å². The van der Waals surface area contributed by atoms with Gasteiger partial charge in [0.15, 0.2) is 11.5 Å². The average molecular weight is 719 g/mol.